The van der Waals surface area contributed by atoms with Crippen LogP contribution in [0.4, 0.5) is 5.69 Å². The maximum atomic E-state index is 12.1. The van der Waals surface area contributed by atoms with Crippen molar-refractivity contribution >= 4 is 17.6 Å². The molecule has 1 aromatic carbocycles. The fraction of sp³-hybridized carbons (Fsp3) is 0.412. The van der Waals surface area contributed by atoms with E-state index in [-0.39, 0.29) is 23.8 Å². The van der Waals surface area contributed by atoms with Crippen molar-refractivity contribution in [3.63, 3.8) is 0 Å². The summed E-state index contributed by atoms with van der Waals surface area (Å²) in [5, 5.41) is 19.1. The van der Waals surface area contributed by atoms with E-state index in [9.17, 15) is 9.59 Å². The summed E-state index contributed by atoms with van der Waals surface area (Å²) in [6.45, 7) is 2.05. The molecule has 2 N–H and O–H groups in total. The molecule has 0 aliphatic carbocycles. The van der Waals surface area contributed by atoms with Crippen molar-refractivity contribution in [1.82, 2.24) is 15.0 Å². The van der Waals surface area contributed by atoms with Crippen LogP contribution in [-0.4, -0.2) is 44.2 Å². The molecule has 0 saturated carbocycles. The fourth-order valence-electron chi connectivity index (χ4n) is 2.83. The first-order valence-corrected chi connectivity index (χ1v) is 8.22. The molecule has 2 unspecified atom stereocenters. The van der Waals surface area contributed by atoms with Crippen molar-refractivity contribution in [3.05, 3.63) is 36.2 Å². The zero-order valence-corrected chi connectivity index (χ0v) is 13.9. The first-order valence-electron chi connectivity index (χ1n) is 8.22. The molecule has 8 heteroatoms. The average Bonchev–Trinajstić information content (AvgIpc) is 3.22. The monoisotopic (exact) mass is 344 g/mol. The Kier molecular flexibility index (Phi) is 5.08. The lowest BCUT2D eigenvalue weighted by Crippen LogP contribution is -2.16. The summed E-state index contributed by atoms with van der Waals surface area (Å²) in [6.07, 6.45) is 4.92. The zero-order valence-electron chi connectivity index (χ0n) is 13.9. The number of hydrogen-bond donors (Lipinski definition) is 2. The quantitative estimate of drug-likeness (QED) is 0.832. The van der Waals surface area contributed by atoms with E-state index in [0.717, 1.165) is 12.8 Å². The van der Waals surface area contributed by atoms with Crippen molar-refractivity contribution in [1.29, 1.82) is 0 Å². The highest BCUT2D eigenvalue weighted by molar-refractivity contribution is 5.91. The fourth-order valence-corrected chi connectivity index (χ4v) is 2.83. The average molecular weight is 344 g/mol. The van der Waals surface area contributed by atoms with Gasteiger partial charge >= 0.3 is 5.97 Å². The predicted octanol–water partition coefficient (Wildman–Crippen LogP) is 2.25. The Labute approximate surface area is 144 Å². The number of carbonyl (C=O) groups excluding carboxylic acids is 1. The molecule has 132 valence electrons. The Balaban J connectivity index is 1.59. The van der Waals surface area contributed by atoms with Gasteiger partial charge in [0.15, 0.2) is 5.69 Å². The topological polar surface area (TPSA) is 106 Å². The Bertz CT molecular complexity index is 774. The Morgan fingerprint density at radius 2 is 2.24 bits per heavy atom. The molecule has 1 amide bonds. The first kappa shape index (κ1) is 17.1. The number of anilines is 1. The Morgan fingerprint density at radius 1 is 1.40 bits per heavy atom. The number of carbonyl (C=O) groups is 2. The van der Waals surface area contributed by atoms with Crippen LogP contribution in [0.25, 0.3) is 5.69 Å². The van der Waals surface area contributed by atoms with Crippen LogP contribution in [0.2, 0.25) is 0 Å². The van der Waals surface area contributed by atoms with Gasteiger partial charge < -0.3 is 15.2 Å². The van der Waals surface area contributed by atoms with Gasteiger partial charge in [-0.3, -0.25) is 4.79 Å². The van der Waals surface area contributed by atoms with E-state index in [1.54, 1.807) is 24.3 Å². The number of carboxylic acid groups (broad SMARTS) is 1. The van der Waals surface area contributed by atoms with Gasteiger partial charge in [-0.1, -0.05) is 11.3 Å². The number of nitrogens with zero attached hydrogens (tertiary/aromatic N) is 3. The highest BCUT2D eigenvalue weighted by Crippen LogP contribution is 2.23. The van der Waals surface area contributed by atoms with Gasteiger partial charge in [0.25, 0.3) is 0 Å². The second-order valence-corrected chi connectivity index (χ2v) is 6.14. The highest BCUT2D eigenvalue weighted by atomic mass is 16.5. The van der Waals surface area contributed by atoms with Crippen LogP contribution in [0.5, 0.6) is 0 Å². The predicted molar refractivity (Wildman–Crippen MR) is 89.8 cm³/mol. The second-order valence-electron chi connectivity index (χ2n) is 6.14. The van der Waals surface area contributed by atoms with Crippen molar-refractivity contribution < 1.29 is 19.4 Å². The highest BCUT2D eigenvalue weighted by Gasteiger charge is 2.22. The summed E-state index contributed by atoms with van der Waals surface area (Å²) in [5.74, 6) is -1.22. The second kappa shape index (κ2) is 7.43. The molecule has 1 fully saturated rings. The van der Waals surface area contributed by atoms with E-state index >= 15 is 0 Å². The van der Waals surface area contributed by atoms with E-state index < -0.39 is 5.97 Å². The third-order valence-electron chi connectivity index (χ3n) is 4.12. The summed E-state index contributed by atoms with van der Waals surface area (Å²) in [6, 6.07) is 7.00. The number of benzene rings is 1. The minimum absolute atomic E-state index is 0.0786. The number of rotatable bonds is 6. The standard InChI is InChI=1S/C17H20N4O4/c1-11-5-6-14(25-11)7-8-16(22)18-12-3-2-4-13(9-12)21-10-15(17(23)24)19-20-21/h2-4,9-11,14H,5-8H2,1H3,(H,18,22)(H,23,24). The summed E-state index contributed by atoms with van der Waals surface area (Å²) >= 11 is 0. The number of aromatic carboxylic acids is 1. The summed E-state index contributed by atoms with van der Waals surface area (Å²) in [7, 11) is 0. The number of hydrogen-bond acceptors (Lipinski definition) is 5. The van der Waals surface area contributed by atoms with Gasteiger partial charge in [-0.05, 0) is 44.4 Å². The van der Waals surface area contributed by atoms with Crippen LogP contribution >= 0.6 is 0 Å². The lowest BCUT2D eigenvalue weighted by molar-refractivity contribution is -0.116. The molecule has 1 saturated heterocycles. The van der Waals surface area contributed by atoms with Crippen molar-refractivity contribution in [2.24, 2.45) is 0 Å². The molecule has 1 aliphatic heterocycles. The van der Waals surface area contributed by atoms with E-state index in [0.29, 0.717) is 24.2 Å². The van der Waals surface area contributed by atoms with Crippen LogP contribution in [0, 0.1) is 0 Å². The Morgan fingerprint density at radius 3 is 2.92 bits per heavy atom. The van der Waals surface area contributed by atoms with Gasteiger partial charge in [0.05, 0.1) is 24.1 Å². The van der Waals surface area contributed by atoms with Crippen LogP contribution < -0.4 is 5.32 Å². The number of aromatic nitrogens is 3. The molecule has 2 aromatic rings. The Hall–Kier alpha value is -2.74. The number of carboxylic acids is 1. The van der Waals surface area contributed by atoms with Gasteiger partial charge in [-0.2, -0.15) is 0 Å². The smallest absolute Gasteiger partial charge is 0.358 e. The normalized spacial score (nSPS) is 19.7. The molecular formula is C17H20N4O4. The zero-order chi connectivity index (χ0) is 17.8. The van der Waals surface area contributed by atoms with Gasteiger partial charge in [0, 0.05) is 12.1 Å². The van der Waals surface area contributed by atoms with E-state index in [4.69, 9.17) is 9.84 Å². The molecule has 1 aromatic heterocycles. The SMILES string of the molecule is CC1CCC(CCC(=O)Nc2cccc(-n3cc(C(=O)O)nn3)c2)O1. The van der Waals surface area contributed by atoms with Crippen LogP contribution in [-0.2, 0) is 9.53 Å². The first-order chi connectivity index (χ1) is 12.0. The van der Waals surface area contributed by atoms with Crippen LogP contribution in [0.15, 0.2) is 30.5 Å². The maximum Gasteiger partial charge on any atom is 0.358 e. The van der Waals surface area contributed by atoms with Crippen molar-refractivity contribution in [3.8, 4) is 5.69 Å². The molecular weight excluding hydrogens is 324 g/mol. The molecule has 3 rings (SSSR count). The molecule has 25 heavy (non-hydrogen) atoms. The number of nitrogens with one attached hydrogen (secondary N) is 1. The van der Waals surface area contributed by atoms with E-state index in [1.807, 2.05) is 6.92 Å². The third-order valence-corrected chi connectivity index (χ3v) is 4.12. The molecule has 2 atom stereocenters. The molecule has 8 nitrogen and oxygen atoms in total. The van der Waals surface area contributed by atoms with Gasteiger partial charge in [-0.25, -0.2) is 9.48 Å². The molecule has 2 heterocycles. The summed E-state index contributed by atoms with van der Waals surface area (Å²) in [4.78, 5) is 23.0. The van der Waals surface area contributed by atoms with Crippen molar-refractivity contribution in [2.45, 2.75) is 44.8 Å². The number of ether oxygens (including phenoxy) is 1. The molecule has 0 radical (unpaired) electrons. The molecule has 0 spiro atoms. The minimum Gasteiger partial charge on any atom is -0.476 e. The summed E-state index contributed by atoms with van der Waals surface area (Å²) < 4.78 is 7.07. The van der Waals surface area contributed by atoms with Crippen LogP contribution in [0.1, 0.15) is 43.1 Å². The van der Waals surface area contributed by atoms with E-state index in [2.05, 4.69) is 15.6 Å². The van der Waals surface area contributed by atoms with Crippen LogP contribution in [0.3, 0.4) is 0 Å². The molecule has 1 aliphatic rings. The van der Waals surface area contributed by atoms with E-state index in [1.165, 1.54) is 10.9 Å². The van der Waals surface area contributed by atoms with Crippen molar-refractivity contribution in [2.75, 3.05) is 5.32 Å². The summed E-state index contributed by atoms with van der Waals surface area (Å²) in [5.41, 5.74) is 1.10. The van der Waals surface area contributed by atoms with Gasteiger partial charge in [0.2, 0.25) is 5.91 Å². The van der Waals surface area contributed by atoms with Gasteiger partial charge in [0.1, 0.15) is 0 Å². The lowest BCUT2D eigenvalue weighted by Gasteiger charge is -2.11. The lowest BCUT2D eigenvalue weighted by atomic mass is 10.1. The number of amides is 1. The molecule has 0 bridgehead atoms. The maximum absolute atomic E-state index is 12.1. The van der Waals surface area contributed by atoms with Gasteiger partial charge in [-0.15, -0.1) is 5.10 Å². The third kappa shape index (κ3) is 4.42. The minimum atomic E-state index is -1.14. The largest absolute Gasteiger partial charge is 0.476 e.